The molecule has 118 valence electrons. The molecule has 1 rings (SSSR count). The van der Waals surface area contributed by atoms with E-state index in [1.54, 1.807) is 13.0 Å². The smallest absolute Gasteiger partial charge is 0.340 e. The van der Waals surface area contributed by atoms with Crippen LogP contribution >= 0.6 is 0 Å². The molecule has 0 aliphatic heterocycles. The van der Waals surface area contributed by atoms with Gasteiger partial charge in [-0.15, -0.1) is 0 Å². The standard InChI is InChI=1S/C15H21FO5/c1-4-11-7-12(15(17)21-10-19-6-3)8-13(16)14(11)20-9-18-5-2/h7-8H,4-6,9-10H2,1-3H3. The molecule has 0 bridgehead atoms. The fourth-order valence-corrected chi connectivity index (χ4v) is 1.64. The van der Waals surface area contributed by atoms with Gasteiger partial charge in [0.15, 0.2) is 25.2 Å². The molecule has 0 heterocycles. The van der Waals surface area contributed by atoms with Crippen molar-refractivity contribution in [3.05, 3.63) is 29.1 Å². The van der Waals surface area contributed by atoms with Crippen molar-refractivity contribution in [2.24, 2.45) is 0 Å². The fraction of sp³-hybridized carbons (Fsp3) is 0.533. The van der Waals surface area contributed by atoms with Crippen LogP contribution in [0.4, 0.5) is 4.39 Å². The molecule has 0 spiro atoms. The Balaban J connectivity index is 2.84. The van der Waals surface area contributed by atoms with Crippen molar-refractivity contribution in [3.63, 3.8) is 0 Å². The van der Waals surface area contributed by atoms with E-state index in [1.165, 1.54) is 0 Å². The van der Waals surface area contributed by atoms with Gasteiger partial charge in [-0.25, -0.2) is 9.18 Å². The van der Waals surface area contributed by atoms with Crippen LogP contribution in [0.5, 0.6) is 5.75 Å². The van der Waals surface area contributed by atoms with Gasteiger partial charge < -0.3 is 18.9 Å². The third-order valence-electron chi connectivity index (χ3n) is 2.71. The first-order chi connectivity index (χ1) is 10.1. The van der Waals surface area contributed by atoms with Crippen molar-refractivity contribution < 1.29 is 28.1 Å². The predicted molar refractivity (Wildman–Crippen MR) is 74.8 cm³/mol. The predicted octanol–water partition coefficient (Wildman–Crippen LogP) is 2.91. The van der Waals surface area contributed by atoms with Gasteiger partial charge in [0.1, 0.15) is 0 Å². The van der Waals surface area contributed by atoms with Crippen molar-refractivity contribution in [3.8, 4) is 5.75 Å². The van der Waals surface area contributed by atoms with Crippen molar-refractivity contribution in [2.75, 3.05) is 26.8 Å². The van der Waals surface area contributed by atoms with E-state index in [9.17, 15) is 9.18 Å². The van der Waals surface area contributed by atoms with E-state index in [2.05, 4.69) is 0 Å². The molecule has 0 aliphatic carbocycles. The van der Waals surface area contributed by atoms with E-state index in [0.29, 0.717) is 25.2 Å². The van der Waals surface area contributed by atoms with Crippen LogP contribution in [-0.2, 0) is 20.6 Å². The molecule has 0 fully saturated rings. The minimum absolute atomic E-state index is 0.0332. The molecule has 6 heteroatoms. The van der Waals surface area contributed by atoms with Gasteiger partial charge in [-0.3, -0.25) is 0 Å². The Bertz CT molecular complexity index is 462. The first-order valence-electron chi connectivity index (χ1n) is 6.91. The molecule has 1 aromatic rings. The number of aryl methyl sites for hydroxylation is 1. The lowest BCUT2D eigenvalue weighted by molar-refractivity contribution is -0.0275. The van der Waals surface area contributed by atoms with Crippen LogP contribution in [0.2, 0.25) is 0 Å². The second-order valence-corrected chi connectivity index (χ2v) is 4.10. The minimum atomic E-state index is -0.631. The maximum absolute atomic E-state index is 14.1. The van der Waals surface area contributed by atoms with Gasteiger partial charge in [-0.05, 0) is 38.0 Å². The average molecular weight is 300 g/mol. The summed E-state index contributed by atoms with van der Waals surface area (Å²) >= 11 is 0. The van der Waals surface area contributed by atoms with Gasteiger partial charge in [0, 0.05) is 13.2 Å². The number of hydrogen-bond donors (Lipinski definition) is 0. The third kappa shape index (κ3) is 5.32. The molecule has 0 aliphatic rings. The number of carbonyl (C=O) groups is 1. The highest BCUT2D eigenvalue weighted by Gasteiger charge is 2.16. The van der Waals surface area contributed by atoms with E-state index in [1.807, 2.05) is 13.8 Å². The van der Waals surface area contributed by atoms with Crippen LogP contribution in [-0.4, -0.2) is 32.8 Å². The van der Waals surface area contributed by atoms with E-state index >= 15 is 0 Å². The van der Waals surface area contributed by atoms with E-state index < -0.39 is 11.8 Å². The normalized spacial score (nSPS) is 10.5. The van der Waals surface area contributed by atoms with Crippen molar-refractivity contribution in [1.82, 2.24) is 0 Å². The molecule has 5 nitrogen and oxygen atoms in total. The molecule has 0 saturated carbocycles. The number of ether oxygens (including phenoxy) is 4. The van der Waals surface area contributed by atoms with Gasteiger partial charge in [-0.2, -0.15) is 0 Å². The highest BCUT2D eigenvalue weighted by molar-refractivity contribution is 5.89. The lowest BCUT2D eigenvalue weighted by atomic mass is 10.1. The van der Waals surface area contributed by atoms with Crippen LogP contribution in [0.3, 0.4) is 0 Å². The largest absolute Gasteiger partial charge is 0.464 e. The SMILES string of the molecule is CCOCOC(=O)c1cc(F)c(OCOCC)c(CC)c1. The number of rotatable bonds is 9. The monoisotopic (exact) mass is 300 g/mol. The van der Waals surface area contributed by atoms with Crippen LogP contribution < -0.4 is 4.74 Å². The first-order valence-corrected chi connectivity index (χ1v) is 6.91. The van der Waals surface area contributed by atoms with E-state index in [0.717, 1.165) is 6.07 Å². The number of benzene rings is 1. The summed E-state index contributed by atoms with van der Waals surface area (Å²) in [6.07, 6.45) is 0.519. The van der Waals surface area contributed by atoms with Gasteiger partial charge in [0.25, 0.3) is 0 Å². The van der Waals surface area contributed by atoms with Gasteiger partial charge in [0.05, 0.1) is 5.56 Å². The molecule has 0 aromatic heterocycles. The quantitative estimate of drug-likeness (QED) is 0.399. The maximum Gasteiger partial charge on any atom is 0.340 e. The van der Waals surface area contributed by atoms with Crippen LogP contribution in [0.15, 0.2) is 12.1 Å². The summed E-state index contributed by atoms with van der Waals surface area (Å²) in [5.41, 5.74) is 0.714. The fourth-order valence-electron chi connectivity index (χ4n) is 1.64. The zero-order valence-electron chi connectivity index (χ0n) is 12.6. The Labute approximate surface area is 123 Å². The van der Waals surface area contributed by atoms with Crippen molar-refractivity contribution in [2.45, 2.75) is 27.2 Å². The Morgan fingerprint density at radius 2 is 1.76 bits per heavy atom. The van der Waals surface area contributed by atoms with E-state index in [4.69, 9.17) is 18.9 Å². The van der Waals surface area contributed by atoms with Crippen molar-refractivity contribution >= 4 is 5.97 Å². The Kier molecular flexibility index (Phi) is 7.71. The molecule has 0 saturated heterocycles. The van der Waals surface area contributed by atoms with Crippen LogP contribution in [0, 0.1) is 5.82 Å². The first kappa shape index (κ1) is 17.4. The van der Waals surface area contributed by atoms with Crippen molar-refractivity contribution in [1.29, 1.82) is 0 Å². The van der Waals surface area contributed by atoms with Crippen LogP contribution in [0.25, 0.3) is 0 Å². The minimum Gasteiger partial charge on any atom is -0.464 e. The lowest BCUT2D eigenvalue weighted by Gasteiger charge is -2.13. The molecule has 0 atom stereocenters. The number of halogens is 1. The second-order valence-electron chi connectivity index (χ2n) is 4.10. The number of carbonyl (C=O) groups excluding carboxylic acids is 1. The summed E-state index contributed by atoms with van der Waals surface area (Å²) < 4.78 is 34.1. The second kappa shape index (κ2) is 9.31. The Hall–Kier alpha value is -1.66. The summed E-state index contributed by atoms with van der Waals surface area (Å²) in [6.45, 7) is 6.18. The van der Waals surface area contributed by atoms with Crippen LogP contribution in [0.1, 0.15) is 36.7 Å². The molecule has 0 radical (unpaired) electrons. The Morgan fingerprint density at radius 3 is 2.38 bits per heavy atom. The highest BCUT2D eigenvalue weighted by Crippen LogP contribution is 2.26. The van der Waals surface area contributed by atoms with Gasteiger partial charge in [-0.1, -0.05) is 6.92 Å². The summed E-state index contributed by atoms with van der Waals surface area (Å²) in [4.78, 5) is 11.8. The zero-order valence-corrected chi connectivity index (χ0v) is 12.6. The zero-order chi connectivity index (χ0) is 15.7. The molecule has 1 aromatic carbocycles. The molecule has 21 heavy (non-hydrogen) atoms. The average Bonchev–Trinajstić information content (AvgIpc) is 2.48. The Morgan fingerprint density at radius 1 is 1.10 bits per heavy atom. The lowest BCUT2D eigenvalue weighted by Crippen LogP contribution is -2.11. The number of hydrogen-bond acceptors (Lipinski definition) is 5. The topological polar surface area (TPSA) is 54.0 Å². The maximum atomic E-state index is 14.1. The molecular weight excluding hydrogens is 279 g/mol. The van der Waals surface area contributed by atoms with E-state index in [-0.39, 0.29) is 24.9 Å². The molecule has 0 unspecified atom stereocenters. The summed E-state index contributed by atoms with van der Waals surface area (Å²) in [5.74, 6) is -1.14. The number of esters is 1. The summed E-state index contributed by atoms with van der Waals surface area (Å²) in [7, 11) is 0. The summed E-state index contributed by atoms with van der Waals surface area (Å²) in [5, 5.41) is 0. The molecule has 0 amide bonds. The molecular formula is C15H21FO5. The molecule has 0 N–H and O–H groups in total. The third-order valence-corrected chi connectivity index (χ3v) is 2.71. The van der Waals surface area contributed by atoms with Gasteiger partial charge in [0.2, 0.25) is 0 Å². The summed E-state index contributed by atoms with van der Waals surface area (Å²) in [6, 6.07) is 2.65. The highest BCUT2D eigenvalue weighted by atomic mass is 19.1. The van der Waals surface area contributed by atoms with Gasteiger partial charge >= 0.3 is 5.97 Å².